The highest BCUT2D eigenvalue weighted by atomic mass is 15.2. The van der Waals surface area contributed by atoms with Gasteiger partial charge >= 0.3 is 0 Å². The minimum absolute atomic E-state index is 0.398. The number of nitrogens with zero attached hydrogens (tertiary/aromatic N) is 1. The van der Waals surface area contributed by atoms with Crippen LogP contribution >= 0.6 is 0 Å². The van der Waals surface area contributed by atoms with Gasteiger partial charge in [0.2, 0.25) is 0 Å². The van der Waals surface area contributed by atoms with E-state index < -0.39 is 0 Å². The lowest BCUT2D eigenvalue weighted by atomic mass is 9.78. The Hall–Kier alpha value is -2.98. The third kappa shape index (κ3) is 3.00. The van der Waals surface area contributed by atoms with Crippen LogP contribution in [0.25, 0.3) is 27.5 Å². The second-order valence-corrected chi connectivity index (χ2v) is 10.2. The van der Waals surface area contributed by atoms with Crippen molar-refractivity contribution in [1.82, 2.24) is 20.2 Å². The molecule has 4 nitrogen and oxygen atoms in total. The minimum atomic E-state index is 0.398. The SMILES string of the molecule is CCC1CN2CCc3c([nH]c4ccccc34)C2=CC1CC1NCCc2c1[nH]c1ccccc21. The zero-order valence-electron chi connectivity index (χ0n) is 19.3. The van der Waals surface area contributed by atoms with Gasteiger partial charge in [0.25, 0.3) is 0 Å². The van der Waals surface area contributed by atoms with Gasteiger partial charge in [-0.3, -0.25) is 0 Å². The molecule has 0 spiro atoms. The number of para-hydroxylation sites is 2. The summed E-state index contributed by atoms with van der Waals surface area (Å²) >= 11 is 0. The van der Waals surface area contributed by atoms with E-state index in [0.717, 1.165) is 32.4 Å². The maximum atomic E-state index is 3.86. The van der Waals surface area contributed by atoms with Gasteiger partial charge in [-0.2, -0.15) is 0 Å². The minimum Gasteiger partial charge on any atom is -0.369 e. The Morgan fingerprint density at radius 2 is 1.67 bits per heavy atom. The number of aromatic nitrogens is 2. The summed E-state index contributed by atoms with van der Waals surface area (Å²) in [5, 5.41) is 6.67. The van der Waals surface area contributed by atoms with Gasteiger partial charge in [0.1, 0.15) is 0 Å². The quantitative estimate of drug-likeness (QED) is 0.381. The number of aromatic amines is 2. The maximum absolute atomic E-state index is 3.86. The molecule has 168 valence electrons. The lowest BCUT2D eigenvalue weighted by Gasteiger charge is -2.42. The maximum Gasteiger partial charge on any atom is 0.0659 e. The molecule has 0 aliphatic carbocycles. The summed E-state index contributed by atoms with van der Waals surface area (Å²) in [5.74, 6) is 1.28. The van der Waals surface area contributed by atoms with Gasteiger partial charge in [0.05, 0.1) is 11.4 Å². The molecule has 4 heteroatoms. The predicted octanol–water partition coefficient (Wildman–Crippen LogP) is 5.78. The van der Waals surface area contributed by atoms with E-state index in [1.807, 2.05) is 0 Å². The van der Waals surface area contributed by atoms with Crippen LogP contribution in [0.1, 0.15) is 48.3 Å². The average Bonchev–Trinajstić information content (AvgIpc) is 3.43. The van der Waals surface area contributed by atoms with Crippen molar-refractivity contribution in [2.24, 2.45) is 11.8 Å². The smallest absolute Gasteiger partial charge is 0.0659 e. The van der Waals surface area contributed by atoms with Crippen molar-refractivity contribution in [2.45, 2.75) is 38.6 Å². The summed E-state index contributed by atoms with van der Waals surface area (Å²) in [6.45, 7) is 5.75. The number of benzene rings is 2. The molecule has 3 N–H and O–H groups in total. The molecule has 5 heterocycles. The Bertz CT molecular complexity index is 1370. The topological polar surface area (TPSA) is 46.9 Å². The predicted molar refractivity (Wildman–Crippen MR) is 136 cm³/mol. The Kier molecular flexibility index (Phi) is 4.44. The highest BCUT2D eigenvalue weighted by Gasteiger charge is 2.35. The zero-order valence-corrected chi connectivity index (χ0v) is 19.3. The summed E-state index contributed by atoms with van der Waals surface area (Å²) in [6, 6.07) is 18.0. The van der Waals surface area contributed by atoms with Crippen molar-refractivity contribution in [1.29, 1.82) is 0 Å². The molecule has 0 saturated carbocycles. The largest absolute Gasteiger partial charge is 0.369 e. The molecule has 4 aromatic rings. The highest BCUT2D eigenvalue weighted by molar-refractivity contribution is 5.90. The summed E-state index contributed by atoms with van der Waals surface area (Å²) in [4.78, 5) is 10.2. The first kappa shape index (κ1) is 19.5. The van der Waals surface area contributed by atoms with Gasteiger partial charge in [0, 0.05) is 46.6 Å². The van der Waals surface area contributed by atoms with Gasteiger partial charge in [0.15, 0.2) is 0 Å². The Morgan fingerprint density at radius 3 is 2.48 bits per heavy atom. The van der Waals surface area contributed by atoms with Crippen LogP contribution < -0.4 is 5.32 Å². The van der Waals surface area contributed by atoms with E-state index in [4.69, 9.17) is 0 Å². The van der Waals surface area contributed by atoms with Crippen LogP contribution in [-0.4, -0.2) is 34.5 Å². The molecule has 3 aliphatic rings. The van der Waals surface area contributed by atoms with E-state index in [2.05, 4.69) is 81.7 Å². The molecule has 33 heavy (non-hydrogen) atoms. The molecule has 0 saturated heterocycles. The van der Waals surface area contributed by atoms with E-state index >= 15 is 0 Å². The van der Waals surface area contributed by atoms with Crippen LogP contribution in [0, 0.1) is 11.8 Å². The van der Waals surface area contributed by atoms with E-state index in [1.54, 1.807) is 0 Å². The van der Waals surface area contributed by atoms with Gasteiger partial charge in [-0.25, -0.2) is 0 Å². The number of hydrogen-bond acceptors (Lipinski definition) is 2. The summed E-state index contributed by atoms with van der Waals surface area (Å²) in [5.41, 5.74) is 9.83. The van der Waals surface area contributed by atoms with Crippen LogP contribution in [0.2, 0.25) is 0 Å². The van der Waals surface area contributed by atoms with Crippen LogP contribution in [0.5, 0.6) is 0 Å². The lowest BCUT2D eigenvalue weighted by molar-refractivity contribution is 0.221. The van der Waals surface area contributed by atoms with E-state index in [9.17, 15) is 0 Å². The first-order chi connectivity index (χ1) is 16.3. The molecule has 0 bridgehead atoms. The molecule has 3 aliphatic heterocycles. The summed E-state index contributed by atoms with van der Waals surface area (Å²) in [7, 11) is 0. The molecular formula is C29H32N4. The van der Waals surface area contributed by atoms with E-state index in [1.165, 1.54) is 63.0 Å². The van der Waals surface area contributed by atoms with Crippen molar-refractivity contribution in [3.05, 3.63) is 77.1 Å². The molecule has 7 rings (SSSR count). The molecule has 0 radical (unpaired) electrons. The summed E-state index contributed by atoms with van der Waals surface area (Å²) < 4.78 is 0. The molecule has 2 aromatic carbocycles. The van der Waals surface area contributed by atoms with Gasteiger partial charge in [-0.15, -0.1) is 0 Å². The second kappa shape index (κ2) is 7.53. The molecule has 0 fully saturated rings. The van der Waals surface area contributed by atoms with Crippen molar-refractivity contribution in [3.8, 4) is 0 Å². The van der Waals surface area contributed by atoms with Crippen molar-refractivity contribution < 1.29 is 0 Å². The number of nitrogens with one attached hydrogen (secondary N) is 3. The summed E-state index contributed by atoms with van der Waals surface area (Å²) in [6.07, 6.45) is 7.26. The number of H-pyrrole nitrogens is 2. The second-order valence-electron chi connectivity index (χ2n) is 10.2. The first-order valence-corrected chi connectivity index (χ1v) is 12.7. The number of allylic oxidation sites excluding steroid dienone is 1. The molecule has 3 atom stereocenters. The standard InChI is InChI=1S/C29H32N4/c1-2-18-17-33-14-12-23-21-8-4-6-10-25(21)32-29(23)27(33)16-19(18)15-26-28-22(11-13-30-26)20-7-3-5-9-24(20)31-28/h3-10,16,18-19,26,30-32H,2,11-15,17H2,1H3. The van der Waals surface area contributed by atoms with E-state index in [-0.39, 0.29) is 0 Å². The highest BCUT2D eigenvalue weighted by Crippen LogP contribution is 2.43. The fourth-order valence-electron chi connectivity index (χ4n) is 6.77. The van der Waals surface area contributed by atoms with Crippen molar-refractivity contribution >= 4 is 27.5 Å². The number of fused-ring (bicyclic) bond motifs is 8. The van der Waals surface area contributed by atoms with Gasteiger partial charge in [-0.05, 0) is 60.9 Å². The monoisotopic (exact) mass is 436 g/mol. The zero-order chi connectivity index (χ0) is 21.9. The third-order valence-electron chi connectivity index (χ3n) is 8.47. The molecule has 2 aromatic heterocycles. The van der Waals surface area contributed by atoms with Crippen LogP contribution in [0.4, 0.5) is 0 Å². The van der Waals surface area contributed by atoms with Gasteiger partial charge < -0.3 is 20.2 Å². The fourth-order valence-corrected chi connectivity index (χ4v) is 6.77. The van der Waals surface area contributed by atoms with E-state index in [0.29, 0.717) is 17.9 Å². The molecular weight excluding hydrogens is 404 g/mol. The van der Waals surface area contributed by atoms with Gasteiger partial charge in [-0.1, -0.05) is 55.8 Å². The van der Waals surface area contributed by atoms with Crippen LogP contribution in [0.15, 0.2) is 54.6 Å². The Morgan fingerprint density at radius 1 is 0.909 bits per heavy atom. The van der Waals surface area contributed by atoms with Crippen molar-refractivity contribution in [2.75, 3.05) is 19.6 Å². The third-order valence-corrected chi connectivity index (χ3v) is 8.47. The van der Waals surface area contributed by atoms with Crippen molar-refractivity contribution in [3.63, 3.8) is 0 Å². The molecule has 3 unspecified atom stereocenters. The average molecular weight is 437 g/mol. The number of hydrogen-bond donors (Lipinski definition) is 3. The first-order valence-electron chi connectivity index (χ1n) is 12.7. The molecule has 0 amide bonds. The number of rotatable bonds is 3. The van der Waals surface area contributed by atoms with Crippen LogP contribution in [-0.2, 0) is 12.8 Å². The lowest BCUT2D eigenvalue weighted by Crippen LogP contribution is -2.41. The van der Waals surface area contributed by atoms with Crippen LogP contribution in [0.3, 0.4) is 0 Å². The Labute approximate surface area is 195 Å². The normalized spacial score (nSPS) is 24.5. The fraction of sp³-hybridized carbons (Fsp3) is 0.379. The Balaban J connectivity index is 1.27.